The van der Waals surface area contributed by atoms with Crippen molar-refractivity contribution in [2.24, 2.45) is 0 Å². The number of aryl methyl sites for hydroxylation is 1. The lowest BCUT2D eigenvalue weighted by Crippen LogP contribution is -2.07. The van der Waals surface area contributed by atoms with E-state index in [1.165, 1.54) is 13.0 Å². The Balaban J connectivity index is 2.28. The van der Waals surface area contributed by atoms with Gasteiger partial charge in [0, 0.05) is 5.69 Å². The molecule has 0 saturated carbocycles. The maximum atomic E-state index is 12.5. The van der Waals surface area contributed by atoms with Gasteiger partial charge >= 0.3 is 6.18 Å². The van der Waals surface area contributed by atoms with Gasteiger partial charge in [0.05, 0.1) is 15.7 Å². The fourth-order valence-corrected chi connectivity index (χ4v) is 1.73. The van der Waals surface area contributed by atoms with E-state index < -0.39 is 12.0 Å². The van der Waals surface area contributed by atoms with Crippen molar-refractivity contribution in [1.29, 1.82) is 0 Å². The third-order valence-electron chi connectivity index (χ3n) is 2.34. The fourth-order valence-electron chi connectivity index (χ4n) is 1.43. The number of hydrogen-bond acceptors (Lipinski definition) is 2. The van der Waals surface area contributed by atoms with E-state index in [4.69, 9.17) is 23.2 Å². The van der Waals surface area contributed by atoms with Gasteiger partial charge in [-0.1, -0.05) is 23.2 Å². The van der Waals surface area contributed by atoms with E-state index in [9.17, 15) is 13.2 Å². The molecule has 0 atom stereocenters. The highest BCUT2D eigenvalue weighted by Crippen LogP contribution is 2.31. The molecule has 0 aliphatic rings. The predicted molar refractivity (Wildman–Crippen MR) is 68.1 cm³/mol. The van der Waals surface area contributed by atoms with Crippen molar-refractivity contribution in [3.8, 4) is 0 Å². The minimum absolute atomic E-state index is 0.0886. The largest absolute Gasteiger partial charge is 0.449 e. The van der Waals surface area contributed by atoms with Gasteiger partial charge in [0.2, 0.25) is 5.82 Å². The van der Waals surface area contributed by atoms with Crippen LogP contribution in [-0.2, 0) is 6.18 Å². The predicted octanol–water partition coefficient (Wildman–Crippen LogP) is 4.79. The van der Waals surface area contributed by atoms with E-state index in [-0.39, 0.29) is 11.5 Å². The van der Waals surface area contributed by atoms with Crippen LogP contribution in [0, 0.1) is 6.92 Å². The molecule has 1 aromatic heterocycles. The van der Waals surface area contributed by atoms with Gasteiger partial charge in [-0.2, -0.15) is 13.2 Å². The van der Waals surface area contributed by atoms with Crippen LogP contribution in [0.3, 0.4) is 0 Å². The molecular weight excluding hydrogens is 302 g/mol. The Labute approximate surface area is 116 Å². The Morgan fingerprint density at radius 2 is 1.89 bits per heavy atom. The molecule has 1 heterocycles. The zero-order valence-electron chi connectivity index (χ0n) is 9.57. The Morgan fingerprint density at radius 1 is 1.21 bits per heavy atom. The summed E-state index contributed by atoms with van der Waals surface area (Å²) in [5, 5.41) is 3.41. The van der Waals surface area contributed by atoms with Crippen molar-refractivity contribution in [2.45, 2.75) is 13.1 Å². The SMILES string of the molecule is Cc1[nH]c(C(F)(F)F)nc1Nc1ccc(Cl)c(Cl)c1. The van der Waals surface area contributed by atoms with Gasteiger partial charge in [-0.15, -0.1) is 0 Å². The average Bonchev–Trinajstić information content (AvgIpc) is 2.65. The summed E-state index contributed by atoms with van der Waals surface area (Å²) >= 11 is 11.6. The lowest BCUT2D eigenvalue weighted by atomic mass is 10.3. The molecule has 3 nitrogen and oxygen atoms in total. The molecule has 0 bridgehead atoms. The first-order valence-electron chi connectivity index (χ1n) is 5.13. The van der Waals surface area contributed by atoms with Gasteiger partial charge in [-0.25, -0.2) is 4.98 Å². The number of aromatic nitrogens is 2. The summed E-state index contributed by atoms with van der Waals surface area (Å²) in [6, 6.07) is 4.64. The van der Waals surface area contributed by atoms with E-state index in [2.05, 4.69) is 15.3 Å². The molecule has 8 heteroatoms. The topological polar surface area (TPSA) is 40.7 Å². The Kier molecular flexibility index (Phi) is 3.64. The molecule has 0 aliphatic carbocycles. The number of imidazole rings is 1. The summed E-state index contributed by atoms with van der Waals surface area (Å²) < 4.78 is 37.4. The normalized spacial score (nSPS) is 11.7. The van der Waals surface area contributed by atoms with Crippen LogP contribution < -0.4 is 5.32 Å². The average molecular weight is 310 g/mol. The summed E-state index contributed by atoms with van der Waals surface area (Å²) in [5.74, 6) is -0.960. The number of nitrogens with one attached hydrogen (secondary N) is 2. The highest BCUT2D eigenvalue weighted by molar-refractivity contribution is 6.42. The second-order valence-corrected chi connectivity index (χ2v) is 4.63. The van der Waals surface area contributed by atoms with Crippen molar-refractivity contribution in [3.05, 3.63) is 39.8 Å². The lowest BCUT2D eigenvalue weighted by molar-refractivity contribution is -0.144. The number of halogens is 5. The van der Waals surface area contributed by atoms with Crippen LogP contribution >= 0.6 is 23.2 Å². The zero-order valence-corrected chi connectivity index (χ0v) is 11.1. The van der Waals surface area contributed by atoms with E-state index in [0.29, 0.717) is 15.7 Å². The number of anilines is 2. The van der Waals surface area contributed by atoms with Crippen molar-refractivity contribution < 1.29 is 13.2 Å². The van der Waals surface area contributed by atoms with Crippen LogP contribution in [0.4, 0.5) is 24.7 Å². The number of hydrogen-bond donors (Lipinski definition) is 2. The van der Waals surface area contributed by atoms with Crippen LogP contribution in [0.2, 0.25) is 10.0 Å². The molecule has 0 aliphatic heterocycles. The Bertz CT molecular complexity index is 608. The number of nitrogens with zero attached hydrogens (tertiary/aromatic N) is 1. The molecule has 19 heavy (non-hydrogen) atoms. The minimum atomic E-state index is -4.51. The van der Waals surface area contributed by atoms with Crippen LogP contribution in [0.15, 0.2) is 18.2 Å². The second-order valence-electron chi connectivity index (χ2n) is 3.81. The third kappa shape index (κ3) is 3.13. The smallest absolute Gasteiger partial charge is 0.339 e. The van der Waals surface area contributed by atoms with Crippen LogP contribution in [0.1, 0.15) is 11.5 Å². The Hall–Kier alpha value is -1.40. The van der Waals surface area contributed by atoms with Crippen molar-refractivity contribution in [3.63, 3.8) is 0 Å². The van der Waals surface area contributed by atoms with E-state index in [1.807, 2.05) is 0 Å². The van der Waals surface area contributed by atoms with E-state index in [1.54, 1.807) is 12.1 Å². The molecule has 2 rings (SSSR count). The molecule has 0 amide bonds. The summed E-state index contributed by atoms with van der Waals surface area (Å²) in [6.45, 7) is 1.49. The quantitative estimate of drug-likeness (QED) is 0.837. The standard InChI is InChI=1S/C11H8Cl2F3N3/c1-5-9(19-10(17-5)11(14,15)16)18-6-2-3-7(12)8(13)4-6/h2-4,18H,1H3,(H,17,19). The summed E-state index contributed by atoms with van der Waals surface area (Å²) in [5.41, 5.74) is 0.774. The maximum Gasteiger partial charge on any atom is 0.449 e. The van der Waals surface area contributed by atoms with Gasteiger partial charge < -0.3 is 10.3 Å². The number of aromatic amines is 1. The molecule has 1 aromatic carbocycles. The first kappa shape index (κ1) is 14.0. The minimum Gasteiger partial charge on any atom is -0.339 e. The van der Waals surface area contributed by atoms with Gasteiger partial charge in [-0.05, 0) is 25.1 Å². The highest BCUT2D eigenvalue weighted by Gasteiger charge is 2.35. The summed E-state index contributed by atoms with van der Waals surface area (Å²) in [4.78, 5) is 5.63. The summed E-state index contributed by atoms with van der Waals surface area (Å²) in [7, 11) is 0. The molecule has 102 valence electrons. The van der Waals surface area contributed by atoms with Gasteiger partial charge in [0.15, 0.2) is 5.82 Å². The molecule has 0 spiro atoms. The molecule has 0 fully saturated rings. The van der Waals surface area contributed by atoms with Gasteiger partial charge in [0.25, 0.3) is 0 Å². The van der Waals surface area contributed by atoms with Crippen LogP contribution in [0.25, 0.3) is 0 Å². The third-order valence-corrected chi connectivity index (χ3v) is 3.07. The molecule has 0 radical (unpaired) electrons. The fraction of sp³-hybridized carbons (Fsp3) is 0.182. The van der Waals surface area contributed by atoms with Crippen molar-refractivity contribution in [2.75, 3.05) is 5.32 Å². The molecule has 0 saturated heterocycles. The van der Waals surface area contributed by atoms with Gasteiger partial charge in [-0.3, -0.25) is 0 Å². The molecular formula is C11H8Cl2F3N3. The molecule has 2 aromatic rings. The first-order chi connectivity index (χ1) is 8.77. The number of H-pyrrole nitrogens is 1. The number of rotatable bonds is 2. The number of alkyl halides is 3. The van der Waals surface area contributed by atoms with Gasteiger partial charge in [0.1, 0.15) is 0 Å². The monoisotopic (exact) mass is 309 g/mol. The van der Waals surface area contributed by atoms with E-state index in [0.717, 1.165) is 0 Å². The zero-order chi connectivity index (χ0) is 14.2. The molecule has 0 unspecified atom stereocenters. The van der Waals surface area contributed by atoms with Crippen molar-refractivity contribution >= 4 is 34.7 Å². The second kappa shape index (κ2) is 4.94. The van der Waals surface area contributed by atoms with Crippen molar-refractivity contribution in [1.82, 2.24) is 9.97 Å². The lowest BCUT2D eigenvalue weighted by Gasteiger charge is -2.05. The molecule has 2 N–H and O–H groups in total. The first-order valence-corrected chi connectivity index (χ1v) is 5.89. The number of benzene rings is 1. The van der Waals surface area contributed by atoms with Crippen LogP contribution in [-0.4, -0.2) is 9.97 Å². The Morgan fingerprint density at radius 3 is 2.42 bits per heavy atom. The highest BCUT2D eigenvalue weighted by atomic mass is 35.5. The van der Waals surface area contributed by atoms with E-state index >= 15 is 0 Å². The maximum absolute atomic E-state index is 12.5. The van der Waals surface area contributed by atoms with Crippen LogP contribution in [0.5, 0.6) is 0 Å². The summed E-state index contributed by atoms with van der Waals surface area (Å²) in [6.07, 6.45) is -4.51.